The number of hydrogen-bond donors (Lipinski definition) is 2. The average Bonchev–Trinajstić information content (AvgIpc) is 3.11. The molecule has 2 aromatic rings. The molecule has 1 aliphatic heterocycles. The van der Waals surface area contributed by atoms with Gasteiger partial charge in [0, 0.05) is 42.3 Å². The Morgan fingerprint density at radius 2 is 1.97 bits per heavy atom. The summed E-state index contributed by atoms with van der Waals surface area (Å²) in [6, 6.07) is 4.74. The topological polar surface area (TPSA) is 106 Å². The summed E-state index contributed by atoms with van der Waals surface area (Å²) in [5.74, 6) is 1.66. The van der Waals surface area contributed by atoms with Crippen LogP contribution in [0, 0.1) is 11.8 Å². The number of carbonyl (C=O) groups excluding carboxylic acids is 1. The van der Waals surface area contributed by atoms with Gasteiger partial charge in [-0.15, -0.1) is 0 Å². The van der Waals surface area contributed by atoms with Crippen molar-refractivity contribution in [3.8, 4) is 0 Å². The van der Waals surface area contributed by atoms with Crippen molar-refractivity contribution in [2.45, 2.75) is 71.1 Å². The zero-order valence-electron chi connectivity index (χ0n) is 19.1. The number of nitrogens with zero attached hydrogens (tertiary/aromatic N) is 4. The fraction of sp³-hybridized carbons (Fsp3) is 0.625. The number of likely N-dealkylation sites (tertiary alicyclic amines) is 1. The number of nitrogens with two attached hydrogens (primary N) is 1. The summed E-state index contributed by atoms with van der Waals surface area (Å²) in [4.78, 5) is 18.6. The van der Waals surface area contributed by atoms with Gasteiger partial charge in [0.05, 0.1) is 11.9 Å². The van der Waals surface area contributed by atoms with Crippen LogP contribution in [0.2, 0.25) is 0 Å². The maximum atomic E-state index is 11.3. The number of carbonyl (C=O) groups is 1. The van der Waals surface area contributed by atoms with Crippen LogP contribution in [0.5, 0.6) is 0 Å². The van der Waals surface area contributed by atoms with E-state index in [1.54, 1.807) is 6.20 Å². The largest absolute Gasteiger partial charge is 0.443 e. The highest BCUT2D eigenvalue weighted by molar-refractivity contribution is 5.99. The van der Waals surface area contributed by atoms with Crippen LogP contribution in [0.4, 0.5) is 4.79 Å². The highest BCUT2D eigenvalue weighted by atomic mass is 16.5. The van der Waals surface area contributed by atoms with Gasteiger partial charge in [-0.05, 0) is 62.5 Å². The number of pyridine rings is 1. The van der Waals surface area contributed by atoms with Crippen molar-refractivity contribution in [3.05, 3.63) is 29.6 Å². The Balaban J connectivity index is 1.54. The van der Waals surface area contributed by atoms with Crippen LogP contribution in [0.15, 0.2) is 23.5 Å². The first-order valence-corrected chi connectivity index (χ1v) is 11.8. The van der Waals surface area contributed by atoms with Crippen LogP contribution >= 0.6 is 0 Å². The monoisotopic (exact) mass is 441 g/mol. The highest BCUT2D eigenvalue weighted by Crippen LogP contribution is 2.36. The number of amides is 1. The van der Waals surface area contributed by atoms with Crippen molar-refractivity contribution in [2.75, 3.05) is 13.1 Å². The highest BCUT2D eigenvalue weighted by Gasteiger charge is 2.32. The Hall–Kier alpha value is -2.61. The molecule has 0 unspecified atom stereocenters. The molecule has 2 aliphatic rings. The quantitative estimate of drug-likeness (QED) is 0.395. The van der Waals surface area contributed by atoms with E-state index in [1.165, 1.54) is 31.9 Å². The molecule has 0 radical (unpaired) electrons. The minimum absolute atomic E-state index is 0.0203. The van der Waals surface area contributed by atoms with Gasteiger partial charge in [0.25, 0.3) is 0 Å². The minimum atomic E-state index is -0.825. The van der Waals surface area contributed by atoms with Crippen LogP contribution in [0.3, 0.4) is 0 Å². The predicted molar refractivity (Wildman–Crippen MR) is 124 cm³/mol. The summed E-state index contributed by atoms with van der Waals surface area (Å²) in [5, 5.41) is 13.4. The lowest BCUT2D eigenvalue weighted by Crippen LogP contribution is -2.44. The summed E-state index contributed by atoms with van der Waals surface area (Å²) in [6.07, 6.45) is 9.62. The van der Waals surface area contributed by atoms with Gasteiger partial charge in [-0.2, -0.15) is 0 Å². The van der Waals surface area contributed by atoms with Gasteiger partial charge < -0.3 is 25.1 Å². The lowest BCUT2D eigenvalue weighted by Gasteiger charge is -2.42. The summed E-state index contributed by atoms with van der Waals surface area (Å²) in [6.45, 7) is 6.82. The van der Waals surface area contributed by atoms with Crippen molar-refractivity contribution in [1.29, 1.82) is 0 Å². The Morgan fingerprint density at radius 1 is 1.25 bits per heavy atom. The standard InChI is InChI=1S/C24H35N5O3/c1-16(2)17-5-7-18(8-6-17)28-12-9-19(10-13-28)29-22(15-32-24(25)30)21(14-27-31)20-4-3-11-26-23(20)29/h3-4,11,14,16-19,31H,5-10,12-13,15H2,1-2H3,(H2,25,30)/b27-14-. The number of fused-ring (bicyclic) bond motifs is 1. The fourth-order valence-corrected chi connectivity index (χ4v) is 5.74. The number of aromatic nitrogens is 2. The first-order chi connectivity index (χ1) is 15.5. The van der Waals surface area contributed by atoms with E-state index in [0.717, 1.165) is 54.5 Å². The summed E-state index contributed by atoms with van der Waals surface area (Å²) < 4.78 is 7.33. The van der Waals surface area contributed by atoms with Gasteiger partial charge in [-0.1, -0.05) is 19.0 Å². The van der Waals surface area contributed by atoms with Gasteiger partial charge in [0.1, 0.15) is 12.3 Å². The van der Waals surface area contributed by atoms with E-state index >= 15 is 0 Å². The summed E-state index contributed by atoms with van der Waals surface area (Å²) >= 11 is 0. The van der Waals surface area contributed by atoms with E-state index in [4.69, 9.17) is 10.5 Å². The van der Waals surface area contributed by atoms with E-state index in [1.807, 2.05) is 12.1 Å². The molecule has 0 aromatic carbocycles. The molecule has 1 saturated heterocycles. The SMILES string of the molecule is CC(C)C1CCC(N2CCC(n3c(COC(N)=O)c(/C=N\O)c4cccnc43)CC2)CC1. The lowest BCUT2D eigenvalue weighted by molar-refractivity contribution is 0.0875. The van der Waals surface area contributed by atoms with Crippen LogP contribution in [-0.2, 0) is 11.3 Å². The van der Waals surface area contributed by atoms with Crippen molar-refractivity contribution >= 4 is 23.3 Å². The fourth-order valence-electron chi connectivity index (χ4n) is 5.74. The molecule has 3 N–H and O–H groups in total. The van der Waals surface area contributed by atoms with Gasteiger partial charge in [-0.25, -0.2) is 9.78 Å². The number of ether oxygens (including phenoxy) is 1. The molecule has 0 bridgehead atoms. The molecule has 0 spiro atoms. The Morgan fingerprint density at radius 3 is 2.59 bits per heavy atom. The third kappa shape index (κ3) is 4.60. The third-order valence-electron chi connectivity index (χ3n) is 7.51. The number of primary amides is 1. The second-order valence-electron chi connectivity index (χ2n) is 9.54. The van der Waals surface area contributed by atoms with E-state index < -0.39 is 6.09 Å². The Labute approximate surface area is 189 Å². The second kappa shape index (κ2) is 9.90. The van der Waals surface area contributed by atoms with Crippen molar-refractivity contribution in [2.24, 2.45) is 22.7 Å². The van der Waals surface area contributed by atoms with Crippen LogP contribution in [0.1, 0.15) is 69.7 Å². The smallest absolute Gasteiger partial charge is 0.404 e. The van der Waals surface area contributed by atoms with Crippen molar-refractivity contribution in [3.63, 3.8) is 0 Å². The van der Waals surface area contributed by atoms with Crippen molar-refractivity contribution < 1.29 is 14.7 Å². The van der Waals surface area contributed by atoms with E-state index in [2.05, 4.69) is 33.5 Å². The molecular weight excluding hydrogens is 406 g/mol. The molecule has 32 heavy (non-hydrogen) atoms. The molecule has 1 saturated carbocycles. The average molecular weight is 442 g/mol. The van der Waals surface area contributed by atoms with Crippen LogP contribution < -0.4 is 5.73 Å². The molecule has 8 nitrogen and oxygen atoms in total. The summed E-state index contributed by atoms with van der Waals surface area (Å²) in [5.41, 5.74) is 7.54. The molecule has 8 heteroatoms. The van der Waals surface area contributed by atoms with Crippen LogP contribution in [0.25, 0.3) is 11.0 Å². The lowest BCUT2D eigenvalue weighted by atomic mass is 9.79. The number of rotatable bonds is 6. The molecule has 2 aromatic heterocycles. The molecule has 3 heterocycles. The first-order valence-electron chi connectivity index (χ1n) is 11.8. The van der Waals surface area contributed by atoms with Gasteiger partial charge >= 0.3 is 6.09 Å². The van der Waals surface area contributed by atoms with Crippen LogP contribution in [-0.4, -0.2) is 51.1 Å². The van der Waals surface area contributed by atoms with E-state index in [0.29, 0.717) is 11.6 Å². The normalized spacial score (nSPS) is 23.3. The molecule has 1 amide bonds. The van der Waals surface area contributed by atoms with Gasteiger partial charge in [-0.3, -0.25) is 0 Å². The first kappa shape index (κ1) is 22.6. The van der Waals surface area contributed by atoms with E-state index in [-0.39, 0.29) is 12.6 Å². The van der Waals surface area contributed by atoms with Gasteiger partial charge in [0.15, 0.2) is 0 Å². The Kier molecular flexibility index (Phi) is 6.98. The molecular formula is C24H35N5O3. The minimum Gasteiger partial charge on any atom is -0.443 e. The molecule has 4 rings (SSSR count). The summed E-state index contributed by atoms with van der Waals surface area (Å²) in [7, 11) is 0. The predicted octanol–water partition coefficient (Wildman–Crippen LogP) is 4.29. The van der Waals surface area contributed by atoms with Gasteiger partial charge in [0.2, 0.25) is 0 Å². The molecule has 174 valence electrons. The Bertz CT molecular complexity index is 954. The zero-order valence-corrected chi connectivity index (χ0v) is 19.1. The number of hydrogen-bond acceptors (Lipinski definition) is 6. The number of oxime groups is 1. The number of piperidine rings is 1. The zero-order chi connectivity index (χ0) is 22.7. The maximum absolute atomic E-state index is 11.3. The van der Waals surface area contributed by atoms with Crippen molar-refractivity contribution in [1.82, 2.24) is 14.5 Å². The second-order valence-corrected chi connectivity index (χ2v) is 9.54. The maximum Gasteiger partial charge on any atom is 0.404 e. The van der Waals surface area contributed by atoms with E-state index in [9.17, 15) is 10.0 Å². The molecule has 0 atom stereocenters. The molecule has 1 aliphatic carbocycles. The molecule has 2 fully saturated rings. The third-order valence-corrected chi connectivity index (χ3v) is 7.51.